The first kappa shape index (κ1) is 16.1. The molecule has 120 valence electrons. The lowest BCUT2D eigenvalue weighted by atomic mass is 9.91. The monoisotopic (exact) mass is 306 g/mol. The number of hydrogen-bond acceptors (Lipinski definition) is 9. The highest BCUT2D eigenvalue weighted by Crippen LogP contribution is 2.45. The van der Waals surface area contributed by atoms with Crippen molar-refractivity contribution >= 4 is 11.9 Å². The highest BCUT2D eigenvalue weighted by Gasteiger charge is 2.65. The van der Waals surface area contributed by atoms with E-state index in [1.165, 1.54) is 0 Å². The second-order valence-corrected chi connectivity index (χ2v) is 4.99. The Bertz CT molecular complexity index is 425. The van der Waals surface area contributed by atoms with Crippen molar-refractivity contribution in [1.82, 2.24) is 0 Å². The van der Waals surface area contributed by atoms with Crippen LogP contribution in [0.25, 0.3) is 0 Å². The van der Waals surface area contributed by atoms with Crippen LogP contribution in [0.4, 0.5) is 0 Å². The third kappa shape index (κ3) is 2.62. The number of esters is 2. The van der Waals surface area contributed by atoms with Crippen LogP contribution in [-0.4, -0.2) is 78.3 Å². The summed E-state index contributed by atoms with van der Waals surface area (Å²) in [6, 6.07) is 0. The summed E-state index contributed by atoms with van der Waals surface area (Å²) in [7, 11) is 2.24. The molecule has 2 aliphatic rings. The molecule has 2 heterocycles. The summed E-state index contributed by atoms with van der Waals surface area (Å²) in [6.07, 6.45) is -4.87. The van der Waals surface area contributed by atoms with Gasteiger partial charge in [0.15, 0.2) is 5.79 Å². The SMILES string of the molecule is COC(=O)C[C@]1(O)O[C@@H]2[C@H](O)[C@@H](CO)O[C@@H]2[C@H]1C(=O)OC. The summed E-state index contributed by atoms with van der Waals surface area (Å²) >= 11 is 0. The summed E-state index contributed by atoms with van der Waals surface area (Å²) in [5.74, 6) is -5.17. The fourth-order valence-electron chi connectivity index (χ4n) is 2.76. The Kier molecular flexibility index (Phi) is 4.49. The zero-order valence-corrected chi connectivity index (χ0v) is 11.6. The lowest BCUT2D eigenvalue weighted by molar-refractivity contribution is -0.238. The molecular weight excluding hydrogens is 288 g/mol. The van der Waals surface area contributed by atoms with Gasteiger partial charge in [0.05, 0.1) is 20.8 Å². The number of hydrogen-bond donors (Lipinski definition) is 3. The summed E-state index contributed by atoms with van der Waals surface area (Å²) in [6.45, 7) is -0.471. The smallest absolute Gasteiger partial charge is 0.316 e. The van der Waals surface area contributed by atoms with E-state index in [0.717, 1.165) is 14.2 Å². The zero-order chi connectivity index (χ0) is 15.8. The van der Waals surface area contributed by atoms with Crippen molar-refractivity contribution in [3.63, 3.8) is 0 Å². The molecule has 0 aromatic heterocycles. The summed E-state index contributed by atoms with van der Waals surface area (Å²) < 4.78 is 19.7. The van der Waals surface area contributed by atoms with Crippen LogP contribution in [-0.2, 0) is 28.5 Å². The van der Waals surface area contributed by atoms with E-state index in [1.807, 2.05) is 0 Å². The van der Waals surface area contributed by atoms with Crippen molar-refractivity contribution in [3.8, 4) is 0 Å². The molecule has 0 aliphatic carbocycles. The van der Waals surface area contributed by atoms with Gasteiger partial charge in [-0.3, -0.25) is 9.59 Å². The lowest BCUT2D eigenvalue weighted by Gasteiger charge is -2.29. The van der Waals surface area contributed by atoms with Gasteiger partial charge < -0.3 is 34.3 Å². The zero-order valence-electron chi connectivity index (χ0n) is 11.6. The predicted octanol–water partition coefficient (Wildman–Crippen LogP) is -2.45. The Morgan fingerprint density at radius 3 is 2.43 bits per heavy atom. The molecule has 0 radical (unpaired) electrons. The third-order valence-corrected chi connectivity index (χ3v) is 3.79. The second-order valence-electron chi connectivity index (χ2n) is 4.99. The van der Waals surface area contributed by atoms with Gasteiger partial charge in [-0.1, -0.05) is 0 Å². The van der Waals surface area contributed by atoms with Gasteiger partial charge in [0.25, 0.3) is 0 Å². The molecule has 9 nitrogen and oxygen atoms in total. The second kappa shape index (κ2) is 5.85. The molecule has 0 amide bonds. The Balaban J connectivity index is 2.28. The fraction of sp³-hybridized carbons (Fsp3) is 0.833. The molecule has 6 atom stereocenters. The molecule has 0 aromatic carbocycles. The van der Waals surface area contributed by atoms with Crippen LogP contribution in [0, 0.1) is 5.92 Å². The Morgan fingerprint density at radius 2 is 1.90 bits per heavy atom. The van der Waals surface area contributed by atoms with E-state index in [4.69, 9.17) is 14.6 Å². The third-order valence-electron chi connectivity index (χ3n) is 3.79. The maximum Gasteiger partial charge on any atom is 0.316 e. The first-order valence-corrected chi connectivity index (χ1v) is 6.37. The normalized spacial score (nSPS) is 41.7. The first-order chi connectivity index (χ1) is 9.87. The van der Waals surface area contributed by atoms with Crippen molar-refractivity contribution in [2.45, 2.75) is 36.6 Å². The summed E-state index contributed by atoms with van der Waals surface area (Å²) in [5, 5.41) is 29.5. The maximum absolute atomic E-state index is 11.9. The number of aliphatic hydroxyl groups excluding tert-OH is 2. The summed E-state index contributed by atoms with van der Waals surface area (Å²) in [5.41, 5.74) is 0. The molecule has 2 rings (SSSR count). The number of carbonyl (C=O) groups excluding carboxylic acids is 2. The molecule has 2 aliphatic heterocycles. The minimum Gasteiger partial charge on any atom is -0.469 e. The number of fused-ring (bicyclic) bond motifs is 1. The van der Waals surface area contributed by atoms with Crippen LogP contribution >= 0.6 is 0 Å². The first-order valence-electron chi connectivity index (χ1n) is 6.37. The van der Waals surface area contributed by atoms with Crippen LogP contribution in [0.5, 0.6) is 0 Å². The van der Waals surface area contributed by atoms with Gasteiger partial charge >= 0.3 is 11.9 Å². The molecule has 2 saturated heterocycles. The van der Waals surface area contributed by atoms with E-state index in [0.29, 0.717) is 0 Å². The van der Waals surface area contributed by atoms with E-state index < -0.39 is 61.1 Å². The number of rotatable bonds is 4. The minimum absolute atomic E-state index is 0.471. The fourth-order valence-corrected chi connectivity index (χ4v) is 2.76. The molecule has 0 saturated carbocycles. The Labute approximate surface area is 120 Å². The van der Waals surface area contributed by atoms with Crippen molar-refractivity contribution in [2.24, 2.45) is 5.92 Å². The highest BCUT2D eigenvalue weighted by molar-refractivity contribution is 5.77. The van der Waals surface area contributed by atoms with Crippen molar-refractivity contribution in [1.29, 1.82) is 0 Å². The molecule has 0 unspecified atom stereocenters. The standard InChI is InChI=1S/C12H18O9/c1-18-6(14)3-12(17)7(11(16)19-2)9-10(21-12)8(15)5(4-13)20-9/h5,7-10,13,15,17H,3-4H2,1-2H3/t5-,7+,8-,9-,10-,12+/m1/s1. The summed E-state index contributed by atoms with van der Waals surface area (Å²) in [4.78, 5) is 23.3. The molecule has 2 fully saturated rings. The van der Waals surface area contributed by atoms with Gasteiger partial charge in [-0.2, -0.15) is 0 Å². The average molecular weight is 306 g/mol. The van der Waals surface area contributed by atoms with Gasteiger partial charge in [-0.15, -0.1) is 0 Å². The Hall–Kier alpha value is -1.26. The van der Waals surface area contributed by atoms with E-state index in [-0.39, 0.29) is 0 Å². The van der Waals surface area contributed by atoms with Crippen LogP contribution in [0.1, 0.15) is 6.42 Å². The van der Waals surface area contributed by atoms with Crippen molar-refractivity contribution in [2.75, 3.05) is 20.8 Å². The van der Waals surface area contributed by atoms with E-state index >= 15 is 0 Å². The molecule has 21 heavy (non-hydrogen) atoms. The average Bonchev–Trinajstić information content (AvgIpc) is 2.90. The van der Waals surface area contributed by atoms with Crippen molar-refractivity contribution in [3.05, 3.63) is 0 Å². The number of methoxy groups -OCH3 is 2. The molecule has 0 spiro atoms. The van der Waals surface area contributed by atoms with Gasteiger partial charge in [-0.25, -0.2) is 0 Å². The number of carbonyl (C=O) groups is 2. The quantitative estimate of drug-likeness (QED) is 0.484. The molecule has 0 aromatic rings. The highest BCUT2D eigenvalue weighted by atomic mass is 16.7. The molecular formula is C12H18O9. The number of aliphatic hydroxyl groups is 3. The van der Waals surface area contributed by atoms with Crippen molar-refractivity contribution < 1.29 is 43.9 Å². The van der Waals surface area contributed by atoms with Crippen LogP contribution in [0.15, 0.2) is 0 Å². The Morgan fingerprint density at radius 1 is 1.24 bits per heavy atom. The molecule has 0 bridgehead atoms. The van der Waals surface area contributed by atoms with E-state index in [9.17, 15) is 19.8 Å². The van der Waals surface area contributed by atoms with Gasteiger partial charge in [0.2, 0.25) is 0 Å². The minimum atomic E-state index is -2.20. The van der Waals surface area contributed by atoms with E-state index in [2.05, 4.69) is 9.47 Å². The largest absolute Gasteiger partial charge is 0.469 e. The van der Waals surface area contributed by atoms with Crippen LogP contribution in [0.3, 0.4) is 0 Å². The number of ether oxygens (including phenoxy) is 4. The van der Waals surface area contributed by atoms with Gasteiger partial charge in [0, 0.05) is 0 Å². The van der Waals surface area contributed by atoms with E-state index in [1.54, 1.807) is 0 Å². The maximum atomic E-state index is 11.9. The topological polar surface area (TPSA) is 132 Å². The molecule has 3 N–H and O–H groups in total. The van der Waals surface area contributed by atoms with Gasteiger partial charge in [0.1, 0.15) is 36.8 Å². The van der Waals surface area contributed by atoms with Gasteiger partial charge in [-0.05, 0) is 0 Å². The van der Waals surface area contributed by atoms with Crippen LogP contribution < -0.4 is 0 Å². The molecule has 9 heteroatoms. The van der Waals surface area contributed by atoms with Crippen LogP contribution in [0.2, 0.25) is 0 Å². The predicted molar refractivity (Wildman–Crippen MR) is 63.7 cm³/mol. The lowest BCUT2D eigenvalue weighted by Crippen LogP contribution is -2.47.